The molecule has 222 valence electrons. The second-order valence-electron chi connectivity index (χ2n) is 9.90. The predicted octanol–water partition coefficient (Wildman–Crippen LogP) is 4.51. The summed E-state index contributed by atoms with van der Waals surface area (Å²) in [5.74, 6) is -1.03. The Morgan fingerprint density at radius 3 is 2.12 bits per heavy atom. The van der Waals surface area contributed by atoms with Crippen LogP contribution in [0.25, 0.3) is 0 Å². The molecule has 10 nitrogen and oxygen atoms in total. The number of rotatable bonds is 13. The average molecular weight is 595 g/mol. The van der Waals surface area contributed by atoms with Crippen LogP contribution in [0.15, 0.2) is 77.7 Å². The minimum atomic E-state index is -0.963. The number of carboxylic acid groups (broad SMARTS) is 1. The first-order valence-electron chi connectivity index (χ1n) is 13.6. The number of hydrogen-bond acceptors (Lipinski definition) is 8. The van der Waals surface area contributed by atoms with Crippen LogP contribution in [0, 0.1) is 0 Å². The number of carbonyl (C=O) groups is 3. The van der Waals surface area contributed by atoms with Gasteiger partial charge in [0.15, 0.2) is 6.29 Å². The van der Waals surface area contributed by atoms with E-state index in [1.807, 2.05) is 48.5 Å². The van der Waals surface area contributed by atoms with Crippen molar-refractivity contribution >= 4 is 29.5 Å². The van der Waals surface area contributed by atoms with Crippen molar-refractivity contribution in [2.75, 3.05) is 5.75 Å². The lowest BCUT2D eigenvalue weighted by Gasteiger charge is -2.36. The van der Waals surface area contributed by atoms with Crippen molar-refractivity contribution in [1.29, 1.82) is 0 Å². The zero-order valence-corrected chi connectivity index (χ0v) is 23.7. The molecule has 1 fully saturated rings. The molecular formula is C31H34N2O8S. The van der Waals surface area contributed by atoms with Gasteiger partial charge in [-0.25, -0.2) is 10.3 Å². The van der Waals surface area contributed by atoms with Crippen molar-refractivity contribution in [3.63, 3.8) is 0 Å². The van der Waals surface area contributed by atoms with Gasteiger partial charge in [-0.15, -0.1) is 11.8 Å². The van der Waals surface area contributed by atoms with Crippen LogP contribution in [-0.2, 0) is 32.2 Å². The van der Waals surface area contributed by atoms with E-state index in [9.17, 15) is 19.5 Å². The highest BCUT2D eigenvalue weighted by Gasteiger charge is 2.32. The molecule has 1 saturated heterocycles. The van der Waals surface area contributed by atoms with Crippen molar-refractivity contribution in [2.24, 2.45) is 0 Å². The molecule has 2 amide bonds. The van der Waals surface area contributed by atoms with E-state index in [2.05, 4.69) is 5.32 Å². The van der Waals surface area contributed by atoms with Crippen molar-refractivity contribution < 1.29 is 39.3 Å². The van der Waals surface area contributed by atoms with E-state index in [4.69, 9.17) is 19.8 Å². The minimum Gasteiger partial charge on any atom is -0.478 e. The van der Waals surface area contributed by atoms with E-state index in [1.165, 1.54) is 0 Å². The molecule has 0 aromatic heterocycles. The van der Waals surface area contributed by atoms with Gasteiger partial charge in [-0.05, 0) is 47.4 Å². The Labute approximate surface area is 248 Å². The van der Waals surface area contributed by atoms with Crippen molar-refractivity contribution in [3.8, 4) is 0 Å². The Kier molecular flexibility index (Phi) is 11.5. The number of carbonyl (C=O) groups excluding carboxylic acids is 2. The highest BCUT2D eigenvalue weighted by atomic mass is 32.2. The van der Waals surface area contributed by atoms with E-state index < -0.39 is 18.2 Å². The van der Waals surface area contributed by atoms with E-state index in [0.29, 0.717) is 25.1 Å². The van der Waals surface area contributed by atoms with Gasteiger partial charge in [-0.2, -0.15) is 0 Å². The number of carboxylic acids is 1. The third-order valence-corrected chi connectivity index (χ3v) is 7.97. The number of amides is 2. The summed E-state index contributed by atoms with van der Waals surface area (Å²) in [6.07, 6.45) is 0.208. The maximum absolute atomic E-state index is 12.1. The fourth-order valence-corrected chi connectivity index (χ4v) is 5.37. The zero-order valence-electron chi connectivity index (χ0n) is 22.9. The van der Waals surface area contributed by atoms with Crippen molar-refractivity contribution in [3.05, 3.63) is 101 Å². The van der Waals surface area contributed by atoms with E-state index in [-0.39, 0.29) is 43.1 Å². The summed E-state index contributed by atoms with van der Waals surface area (Å²) < 4.78 is 12.8. The molecule has 11 heteroatoms. The molecule has 0 radical (unpaired) electrons. The number of ether oxygens (including phenoxy) is 2. The van der Waals surface area contributed by atoms with E-state index >= 15 is 0 Å². The largest absolute Gasteiger partial charge is 0.478 e. The Morgan fingerprint density at radius 2 is 1.48 bits per heavy atom. The normalized spacial score (nSPS) is 18.3. The number of aromatic carboxylic acids is 1. The lowest BCUT2D eigenvalue weighted by atomic mass is 10.0. The summed E-state index contributed by atoms with van der Waals surface area (Å²) in [6, 6.07) is 22.0. The fourth-order valence-electron chi connectivity index (χ4n) is 4.45. The van der Waals surface area contributed by atoms with Gasteiger partial charge in [-0.1, -0.05) is 48.5 Å². The number of aliphatic hydroxyl groups excluding tert-OH is 1. The molecule has 3 atom stereocenters. The number of benzene rings is 3. The van der Waals surface area contributed by atoms with Crippen molar-refractivity contribution in [2.45, 2.75) is 62.2 Å². The molecule has 4 rings (SSSR count). The van der Waals surface area contributed by atoms with Crippen LogP contribution in [-0.4, -0.2) is 45.1 Å². The molecular weight excluding hydrogens is 560 g/mol. The van der Waals surface area contributed by atoms with Gasteiger partial charge in [0, 0.05) is 42.0 Å². The van der Waals surface area contributed by atoms with E-state index in [0.717, 1.165) is 27.1 Å². The van der Waals surface area contributed by atoms with Crippen LogP contribution in [0.5, 0.6) is 0 Å². The highest BCUT2D eigenvalue weighted by molar-refractivity contribution is 7.99. The van der Waals surface area contributed by atoms with Gasteiger partial charge in [0.2, 0.25) is 11.8 Å². The Morgan fingerprint density at radius 1 is 0.833 bits per heavy atom. The third-order valence-electron chi connectivity index (χ3n) is 6.83. The van der Waals surface area contributed by atoms with Crippen LogP contribution in [0.1, 0.15) is 70.7 Å². The van der Waals surface area contributed by atoms with Gasteiger partial charge in [0.25, 0.3) is 0 Å². The molecule has 1 aliphatic heterocycles. The fraction of sp³-hybridized carbons (Fsp3) is 0.323. The molecule has 5 N–H and O–H groups in total. The van der Waals surface area contributed by atoms with Crippen LogP contribution >= 0.6 is 11.8 Å². The van der Waals surface area contributed by atoms with Gasteiger partial charge in [0.05, 0.1) is 24.4 Å². The number of thioether (sulfide) groups is 1. The summed E-state index contributed by atoms with van der Waals surface area (Å²) in [5, 5.41) is 29.9. The Bertz CT molecular complexity index is 1330. The first-order chi connectivity index (χ1) is 20.3. The summed E-state index contributed by atoms with van der Waals surface area (Å²) in [4.78, 5) is 35.3. The summed E-state index contributed by atoms with van der Waals surface area (Å²) in [5.41, 5.74) is 5.31. The number of nitrogens with one attached hydrogen (secondary N) is 2. The average Bonchev–Trinajstić information content (AvgIpc) is 3.03. The highest BCUT2D eigenvalue weighted by Crippen LogP contribution is 2.39. The van der Waals surface area contributed by atoms with Crippen LogP contribution < -0.4 is 10.8 Å². The smallest absolute Gasteiger partial charge is 0.335 e. The SMILES string of the molecule is O=C(CCCC(=O)NCc1ccc([C@@H]2O[C@H](CSc3ccc(C(=O)O)cc3)C[C@H](c3ccc(CO)cc3)O2)cc1)NO. The number of hydroxylamine groups is 1. The van der Waals surface area contributed by atoms with Crippen molar-refractivity contribution in [1.82, 2.24) is 10.8 Å². The van der Waals surface area contributed by atoms with Crippen LogP contribution in [0.3, 0.4) is 0 Å². The maximum Gasteiger partial charge on any atom is 0.335 e. The molecule has 42 heavy (non-hydrogen) atoms. The lowest BCUT2D eigenvalue weighted by Crippen LogP contribution is -2.31. The molecule has 0 unspecified atom stereocenters. The quantitative estimate of drug-likeness (QED) is 0.109. The Hall–Kier alpha value is -3.74. The first-order valence-corrected chi connectivity index (χ1v) is 14.6. The number of aliphatic hydroxyl groups is 1. The molecule has 3 aromatic rings. The van der Waals surface area contributed by atoms with Gasteiger partial charge >= 0.3 is 5.97 Å². The molecule has 0 saturated carbocycles. The second-order valence-corrected chi connectivity index (χ2v) is 11.0. The van der Waals surface area contributed by atoms with E-state index in [1.54, 1.807) is 41.5 Å². The second kappa shape index (κ2) is 15.5. The topological polar surface area (TPSA) is 154 Å². The monoisotopic (exact) mass is 594 g/mol. The molecule has 0 spiro atoms. The minimum absolute atomic E-state index is 0.0366. The van der Waals surface area contributed by atoms with Gasteiger partial charge < -0.3 is 25.0 Å². The lowest BCUT2D eigenvalue weighted by molar-refractivity contribution is -0.245. The molecule has 3 aromatic carbocycles. The standard InChI is InChI=1S/C31H34N2O8S/c34-18-21-6-8-22(9-7-21)27-16-25(19-42-26-14-12-23(13-15-26)30(37)38)40-31(41-27)24-10-4-20(5-11-24)17-32-28(35)2-1-3-29(36)33-39/h4-15,25,27,31,34,39H,1-3,16-19H2,(H,32,35)(H,33,36)(H,37,38)/t25-,27+,31+/m0/s1. The summed E-state index contributed by atoms with van der Waals surface area (Å²) in [7, 11) is 0. The Balaban J connectivity index is 1.39. The van der Waals surface area contributed by atoms with Crippen LogP contribution in [0.2, 0.25) is 0 Å². The molecule has 1 aliphatic rings. The summed E-state index contributed by atoms with van der Waals surface area (Å²) in [6.45, 7) is 0.294. The maximum atomic E-state index is 12.1. The third kappa shape index (κ3) is 9.13. The summed E-state index contributed by atoms with van der Waals surface area (Å²) >= 11 is 1.59. The molecule has 1 heterocycles. The zero-order chi connectivity index (χ0) is 29.9. The molecule has 0 bridgehead atoms. The van der Waals surface area contributed by atoms with Gasteiger partial charge in [-0.3, -0.25) is 14.8 Å². The first kappa shape index (κ1) is 31.2. The number of hydrogen-bond donors (Lipinski definition) is 5. The van der Waals surface area contributed by atoms with Gasteiger partial charge in [0.1, 0.15) is 0 Å². The predicted molar refractivity (Wildman–Crippen MR) is 155 cm³/mol. The molecule has 0 aliphatic carbocycles. The van der Waals surface area contributed by atoms with Crippen LogP contribution in [0.4, 0.5) is 0 Å².